The Kier molecular flexibility index (Phi) is 6.73. The van der Waals surface area contributed by atoms with Crippen LogP contribution in [0, 0.1) is 6.92 Å². The zero-order valence-corrected chi connectivity index (χ0v) is 14.7. The number of hydrogen-bond acceptors (Lipinski definition) is 4. The van der Waals surface area contributed by atoms with Crippen LogP contribution in [0.4, 0.5) is 19.3 Å². The molecule has 0 bridgehead atoms. The Hall–Kier alpha value is -2.42. The monoisotopic (exact) mass is 371 g/mol. The van der Waals surface area contributed by atoms with E-state index < -0.39 is 18.6 Å². The number of urea groups is 1. The lowest BCUT2D eigenvalue weighted by atomic mass is 9.85. The molecule has 26 heavy (non-hydrogen) atoms. The van der Waals surface area contributed by atoms with Crippen LogP contribution in [0.25, 0.3) is 0 Å². The van der Waals surface area contributed by atoms with E-state index in [2.05, 4.69) is 15.4 Å². The van der Waals surface area contributed by atoms with Crippen LogP contribution >= 0.6 is 0 Å². The lowest BCUT2D eigenvalue weighted by Crippen LogP contribution is -2.55. The number of carbonyl (C=O) groups excluding carboxylic acids is 1. The summed E-state index contributed by atoms with van der Waals surface area (Å²) < 4.78 is 29.4. The number of benzene rings is 1. The van der Waals surface area contributed by atoms with Crippen LogP contribution in [0.2, 0.25) is 0 Å². The second-order valence-corrected chi connectivity index (χ2v) is 6.20. The summed E-state index contributed by atoms with van der Waals surface area (Å²) in [6.45, 7) is 1.17. The molecule has 1 aliphatic carbocycles. The Morgan fingerprint density at radius 3 is 2.65 bits per heavy atom. The number of para-hydroxylation sites is 1. The van der Waals surface area contributed by atoms with Crippen molar-refractivity contribution < 1.29 is 28.2 Å². The van der Waals surface area contributed by atoms with Gasteiger partial charge in [-0.15, -0.1) is 0 Å². The molecule has 1 aromatic carbocycles. The lowest BCUT2D eigenvalue weighted by molar-refractivity contribution is -0.139. The van der Waals surface area contributed by atoms with Gasteiger partial charge in [-0.2, -0.15) is 8.78 Å². The average Bonchev–Trinajstić information content (AvgIpc) is 2.51. The van der Waals surface area contributed by atoms with Gasteiger partial charge in [-0.25, -0.2) is 4.79 Å². The highest BCUT2D eigenvalue weighted by atomic mass is 19.3. The number of anilines is 1. The number of carbonyl (C=O) groups is 2. The minimum Gasteiger partial charge on any atom is -0.480 e. The van der Waals surface area contributed by atoms with Crippen molar-refractivity contribution in [2.45, 2.75) is 45.4 Å². The van der Waals surface area contributed by atoms with Gasteiger partial charge in [0.05, 0.1) is 12.2 Å². The Balaban J connectivity index is 1.88. The summed E-state index contributed by atoms with van der Waals surface area (Å²) in [7, 11) is 0. The van der Waals surface area contributed by atoms with E-state index in [4.69, 9.17) is 5.11 Å². The second-order valence-electron chi connectivity index (χ2n) is 6.20. The molecule has 0 aromatic heterocycles. The summed E-state index contributed by atoms with van der Waals surface area (Å²) in [5.74, 6) is -0.979. The van der Waals surface area contributed by atoms with Gasteiger partial charge in [-0.1, -0.05) is 19.1 Å². The number of carboxylic acids is 1. The van der Waals surface area contributed by atoms with Crippen molar-refractivity contribution in [3.05, 3.63) is 23.8 Å². The van der Waals surface area contributed by atoms with Crippen LogP contribution in [-0.4, -0.2) is 53.8 Å². The van der Waals surface area contributed by atoms with E-state index >= 15 is 0 Å². The van der Waals surface area contributed by atoms with Gasteiger partial charge in [0.15, 0.2) is 0 Å². The number of rotatable bonds is 8. The van der Waals surface area contributed by atoms with Crippen LogP contribution in [0.1, 0.15) is 25.3 Å². The molecule has 1 aliphatic rings. The van der Waals surface area contributed by atoms with Gasteiger partial charge in [0.2, 0.25) is 0 Å². The van der Waals surface area contributed by atoms with Crippen molar-refractivity contribution in [1.82, 2.24) is 10.2 Å². The second kappa shape index (κ2) is 8.79. The van der Waals surface area contributed by atoms with E-state index in [1.54, 1.807) is 19.1 Å². The molecular weight excluding hydrogens is 348 g/mol. The predicted molar refractivity (Wildman–Crippen MR) is 91.7 cm³/mol. The van der Waals surface area contributed by atoms with Gasteiger partial charge in [0.25, 0.3) is 0 Å². The van der Waals surface area contributed by atoms with Gasteiger partial charge in [0.1, 0.15) is 5.75 Å². The maximum atomic E-state index is 12.5. The number of aryl methyl sites for hydroxylation is 1. The van der Waals surface area contributed by atoms with Crippen LogP contribution in [-0.2, 0) is 4.79 Å². The first-order chi connectivity index (χ1) is 12.3. The first-order valence-electron chi connectivity index (χ1n) is 8.38. The molecule has 0 aliphatic heterocycles. The minimum atomic E-state index is -2.98. The molecule has 0 radical (unpaired) electrons. The summed E-state index contributed by atoms with van der Waals surface area (Å²) in [6, 6.07) is 4.11. The molecule has 0 saturated heterocycles. The number of hydrogen-bond donors (Lipinski definition) is 3. The smallest absolute Gasteiger partial charge is 0.387 e. The fourth-order valence-electron chi connectivity index (χ4n) is 3.01. The van der Waals surface area contributed by atoms with Crippen LogP contribution in [0.15, 0.2) is 18.2 Å². The summed E-state index contributed by atoms with van der Waals surface area (Å²) in [5, 5.41) is 14.2. The molecule has 0 heterocycles. The molecule has 1 aromatic rings. The van der Waals surface area contributed by atoms with Gasteiger partial charge in [0, 0.05) is 12.1 Å². The quantitative estimate of drug-likeness (QED) is 0.654. The number of ether oxygens (including phenoxy) is 1. The highest BCUT2D eigenvalue weighted by Gasteiger charge is 2.34. The zero-order chi connectivity index (χ0) is 19.3. The first kappa shape index (κ1) is 19.9. The van der Waals surface area contributed by atoms with Gasteiger partial charge in [-0.05, 0) is 37.9 Å². The molecule has 9 heteroatoms. The molecule has 0 unspecified atom stereocenters. The van der Waals surface area contributed by atoms with Crippen molar-refractivity contribution in [1.29, 1.82) is 0 Å². The number of nitrogens with zero attached hydrogens (tertiary/aromatic N) is 1. The maximum absolute atomic E-state index is 12.5. The van der Waals surface area contributed by atoms with Crippen molar-refractivity contribution >= 4 is 17.7 Å². The van der Waals surface area contributed by atoms with E-state index in [-0.39, 0.29) is 30.1 Å². The molecule has 0 atom stereocenters. The van der Waals surface area contributed by atoms with Crippen molar-refractivity contribution in [2.24, 2.45) is 0 Å². The van der Waals surface area contributed by atoms with Crippen molar-refractivity contribution in [3.8, 4) is 5.75 Å². The number of carboxylic acid groups (broad SMARTS) is 1. The number of alkyl halides is 2. The molecule has 1 saturated carbocycles. The van der Waals surface area contributed by atoms with E-state index in [0.29, 0.717) is 24.9 Å². The van der Waals surface area contributed by atoms with Crippen molar-refractivity contribution in [3.63, 3.8) is 0 Å². The Morgan fingerprint density at radius 2 is 2.08 bits per heavy atom. The number of halogens is 2. The zero-order valence-electron chi connectivity index (χ0n) is 14.7. The van der Waals surface area contributed by atoms with E-state index in [9.17, 15) is 18.4 Å². The fourth-order valence-corrected chi connectivity index (χ4v) is 3.01. The molecular formula is C17H23F2N3O4. The third kappa shape index (κ3) is 5.29. The van der Waals surface area contributed by atoms with Gasteiger partial charge < -0.3 is 20.5 Å². The minimum absolute atomic E-state index is 0.0301. The Bertz CT molecular complexity index is 651. The molecule has 3 N–H and O–H groups in total. The summed E-state index contributed by atoms with van der Waals surface area (Å²) >= 11 is 0. The highest BCUT2D eigenvalue weighted by molar-refractivity contribution is 5.92. The SMILES string of the molecule is CCN(CC(=O)O)C1CC(NC(=O)Nc2c(C)cccc2OC(F)F)C1. The normalized spacial score (nSPS) is 19.2. The predicted octanol–water partition coefficient (Wildman–Crippen LogP) is 2.66. The van der Waals surface area contributed by atoms with Crippen LogP contribution < -0.4 is 15.4 Å². The molecule has 1 fully saturated rings. The van der Waals surface area contributed by atoms with Crippen LogP contribution in [0.3, 0.4) is 0 Å². The average molecular weight is 371 g/mol. The lowest BCUT2D eigenvalue weighted by Gasteiger charge is -2.42. The standard InChI is InChI=1S/C17H23F2N3O4/c1-3-22(9-14(23)24)12-7-11(8-12)20-17(25)21-15-10(2)5-4-6-13(15)26-16(18)19/h4-6,11-12,16H,3,7-9H2,1-2H3,(H,23,24)(H2,20,21,25). The molecule has 2 amide bonds. The van der Waals surface area contributed by atoms with E-state index in [1.807, 2.05) is 11.8 Å². The Morgan fingerprint density at radius 1 is 1.38 bits per heavy atom. The van der Waals surface area contributed by atoms with Gasteiger partial charge >= 0.3 is 18.6 Å². The number of nitrogens with one attached hydrogen (secondary N) is 2. The van der Waals surface area contributed by atoms with E-state index in [0.717, 1.165) is 0 Å². The molecule has 2 rings (SSSR count). The summed E-state index contributed by atoms with van der Waals surface area (Å²) in [5.41, 5.74) is 0.797. The largest absolute Gasteiger partial charge is 0.480 e. The van der Waals surface area contributed by atoms with E-state index in [1.165, 1.54) is 6.07 Å². The topological polar surface area (TPSA) is 90.9 Å². The Labute approximate surface area is 150 Å². The summed E-state index contributed by atoms with van der Waals surface area (Å²) in [4.78, 5) is 24.8. The van der Waals surface area contributed by atoms with Crippen molar-refractivity contribution in [2.75, 3.05) is 18.4 Å². The fraction of sp³-hybridized carbons (Fsp3) is 0.529. The third-order valence-electron chi connectivity index (χ3n) is 4.40. The molecule has 7 nitrogen and oxygen atoms in total. The first-order valence-corrected chi connectivity index (χ1v) is 8.38. The van der Waals surface area contributed by atoms with Gasteiger partial charge in [-0.3, -0.25) is 9.69 Å². The summed E-state index contributed by atoms with van der Waals surface area (Å²) in [6.07, 6.45) is 1.28. The third-order valence-corrected chi connectivity index (χ3v) is 4.40. The number of aliphatic carboxylic acids is 1. The maximum Gasteiger partial charge on any atom is 0.387 e. The van der Waals surface area contributed by atoms with Crippen LogP contribution in [0.5, 0.6) is 5.75 Å². The highest BCUT2D eigenvalue weighted by Crippen LogP contribution is 2.30. The number of amides is 2. The number of likely N-dealkylation sites (N-methyl/N-ethyl adjacent to an activating group) is 1. The molecule has 0 spiro atoms. The molecule has 144 valence electrons.